The van der Waals surface area contributed by atoms with Crippen molar-refractivity contribution in [2.24, 2.45) is 0 Å². The van der Waals surface area contributed by atoms with Crippen molar-refractivity contribution in [2.45, 2.75) is 71.3 Å². The molecule has 1 aromatic carbocycles. The molecule has 0 aromatic heterocycles. The Balaban J connectivity index is 2.33. The molecule has 1 unspecified atom stereocenters. The van der Waals surface area contributed by atoms with E-state index in [1.54, 1.807) is 0 Å². The summed E-state index contributed by atoms with van der Waals surface area (Å²) in [5.41, 5.74) is 1.04. The molecule has 0 amide bonds. The minimum absolute atomic E-state index is 0.200. The van der Waals surface area contributed by atoms with Crippen LogP contribution in [0.4, 0.5) is 4.79 Å². The Bertz CT molecular complexity index is 389. The topological polar surface area (TPSA) is 35.5 Å². The van der Waals surface area contributed by atoms with Gasteiger partial charge < -0.3 is 9.47 Å². The van der Waals surface area contributed by atoms with E-state index in [0.29, 0.717) is 6.61 Å². The first-order chi connectivity index (χ1) is 10.8. The smallest absolute Gasteiger partial charge is 0.434 e. The largest absolute Gasteiger partial charge is 0.508 e. The van der Waals surface area contributed by atoms with E-state index in [0.717, 1.165) is 37.7 Å². The second kappa shape index (κ2) is 12.1. The summed E-state index contributed by atoms with van der Waals surface area (Å²) in [6.07, 6.45) is 7.91. The molecule has 0 N–H and O–H groups in total. The predicted molar refractivity (Wildman–Crippen MR) is 89.9 cm³/mol. The minimum Gasteiger partial charge on any atom is -0.434 e. The Morgan fingerprint density at radius 3 is 2.32 bits per heavy atom. The molecule has 124 valence electrons. The van der Waals surface area contributed by atoms with Crippen LogP contribution in [0, 0.1) is 0 Å². The summed E-state index contributed by atoms with van der Waals surface area (Å²) in [5.74, 6) is 0. The Morgan fingerprint density at radius 1 is 0.955 bits per heavy atom. The first-order valence-electron chi connectivity index (χ1n) is 8.66. The van der Waals surface area contributed by atoms with Gasteiger partial charge in [-0.1, -0.05) is 76.3 Å². The fraction of sp³-hybridized carbons (Fsp3) is 0.632. The number of benzene rings is 1. The van der Waals surface area contributed by atoms with Gasteiger partial charge in [-0.3, -0.25) is 0 Å². The van der Waals surface area contributed by atoms with E-state index in [2.05, 4.69) is 13.8 Å². The van der Waals surface area contributed by atoms with Crippen molar-refractivity contribution in [1.29, 1.82) is 0 Å². The fourth-order valence-electron chi connectivity index (χ4n) is 2.36. The Kier molecular flexibility index (Phi) is 10.2. The van der Waals surface area contributed by atoms with Crippen molar-refractivity contribution >= 4 is 6.16 Å². The number of carbonyl (C=O) groups is 1. The molecule has 3 nitrogen and oxygen atoms in total. The van der Waals surface area contributed by atoms with E-state index in [1.807, 2.05) is 30.3 Å². The molecule has 0 saturated heterocycles. The average Bonchev–Trinajstić information content (AvgIpc) is 2.55. The molecule has 0 aliphatic carbocycles. The molecule has 22 heavy (non-hydrogen) atoms. The van der Waals surface area contributed by atoms with E-state index >= 15 is 0 Å². The lowest BCUT2D eigenvalue weighted by Gasteiger charge is -2.17. The van der Waals surface area contributed by atoms with Gasteiger partial charge >= 0.3 is 6.16 Å². The van der Waals surface area contributed by atoms with Crippen LogP contribution in [0.25, 0.3) is 0 Å². The van der Waals surface area contributed by atoms with Crippen LogP contribution in [0.2, 0.25) is 0 Å². The zero-order chi connectivity index (χ0) is 16.0. The number of unbranched alkanes of at least 4 members (excludes halogenated alkanes) is 5. The molecule has 1 rings (SSSR count). The van der Waals surface area contributed by atoms with Gasteiger partial charge in [0.1, 0.15) is 6.10 Å². The molecule has 0 spiro atoms. The Hall–Kier alpha value is -1.51. The van der Waals surface area contributed by atoms with E-state index < -0.39 is 6.16 Å². The van der Waals surface area contributed by atoms with Gasteiger partial charge in [-0.2, -0.15) is 0 Å². The standard InChI is InChI=1S/C19H30O3/c1-3-5-7-8-12-16-21-19(20)22-18(15-6-4-2)17-13-10-9-11-14-17/h9-11,13-14,18H,3-8,12,15-16H2,1-2H3. The van der Waals surface area contributed by atoms with Crippen molar-refractivity contribution in [3.8, 4) is 0 Å². The van der Waals surface area contributed by atoms with Gasteiger partial charge in [0.2, 0.25) is 0 Å². The third-order valence-electron chi connectivity index (χ3n) is 3.70. The van der Waals surface area contributed by atoms with E-state index in [9.17, 15) is 4.79 Å². The highest BCUT2D eigenvalue weighted by Gasteiger charge is 2.17. The van der Waals surface area contributed by atoms with Crippen molar-refractivity contribution in [3.05, 3.63) is 35.9 Å². The molecule has 3 heteroatoms. The quantitative estimate of drug-likeness (QED) is 0.369. The van der Waals surface area contributed by atoms with Crippen LogP contribution in [0.5, 0.6) is 0 Å². The lowest BCUT2D eigenvalue weighted by molar-refractivity contribution is 0.0183. The second-order valence-corrected chi connectivity index (χ2v) is 5.67. The molecular formula is C19H30O3. The van der Waals surface area contributed by atoms with Crippen LogP contribution in [0.15, 0.2) is 30.3 Å². The van der Waals surface area contributed by atoms with Gasteiger partial charge in [-0.25, -0.2) is 4.79 Å². The highest BCUT2D eigenvalue weighted by Crippen LogP contribution is 2.24. The molecular weight excluding hydrogens is 276 g/mol. The molecule has 0 radical (unpaired) electrons. The number of hydrogen-bond donors (Lipinski definition) is 0. The van der Waals surface area contributed by atoms with E-state index in [-0.39, 0.29) is 6.10 Å². The second-order valence-electron chi connectivity index (χ2n) is 5.67. The lowest BCUT2D eigenvalue weighted by Crippen LogP contribution is -2.13. The lowest BCUT2D eigenvalue weighted by atomic mass is 10.0. The molecule has 0 bridgehead atoms. The van der Waals surface area contributed by atoms with Gasteiger partial charge in [-0.05, 0) is 24.8 Å². The highest BCUT2D eigenvalue weighted by atomic mass is 16.7. The van der Waals surface area contributed by atoms with Crippen molar-refractivity contribution in [1.82, 2.24) is 0 Å². The maximum Gasteiger partial charge on any atom is 0.508 e. The summed E-state index contributed by atoms with van der Waals surface area (Å²) in [6.45, 7) is 4.78. The number of rotatable bonds is 11. The summed E-state index contributed by atoms with van der Waals surface area (Å²) < 4.78 is 10.7. The van der Waals surface area contributed by atoms with Gasteiger partial charge in [-0.15, -0.1) is 0 Å². The molecule has 0 fully saturated rings. The predicted octanol–water partition coefficient (Wildman–Crippen LogP) is 6.04. The zero-order valence-electron chi connectivity index (χ0n) is 14.1. The summed E-state index contributed by atoms with van der Waals surface area (Å²) in [5, 5.41) is 0. The molecule has 0 heterocycles. The van der Waals surface area contributed by atoms with Gasteiger partial charge in [0.15, 0.2) is 0 Å². The fourth-order valence-corrected chi connectivity index (χ4v) is 2.36. The summed E-state index contributed by atoms with van der Waals surface area (Å²) in [7, 11) is 0. The molecule has 0 aliphatic heterocycles. The summed E-state index contributed by atoms with van der Waals surface area (Å²) in [4.78, 5) is 11.8. The molecule has 0 saturated carbocycles. The summed E-state index contributed by atoms with van der Waals surface area (Å²) >= 11 is 0. The maximum absolute atomic E-state index is 11.8. The first kappa shape index (κ1) is 18.5. The van der Waals surface area contributed by atoms with Gasteiger partial charge in [0.05, 0.1) is 6.61 Å². The van der Waals surface area contributed by atoms with Crippen molar-refractivity contribution in [2.75, 3.05) is 6.61 Å². The Labute approximate surface area is 135 Å². The molecule has 0 aliphatic rings. The van der Waals surface area contributed by atoms with Crippen LogP contribution in [-0.4, -0.2) is 12.8 Å². The normalized spacial score (nSPS) is 11.9. The number of carbonyl (C=O) groups excluding carboxylic acids is 1. The van der Waals surface area contributed by atoms with Crippen LogP contribution in [0.3, 0.4) is 0 Å². The zero-order valence-corrected chi connectivity index (χ0v) is 14.1. The Morgan fingerprint density at radius 2 is 1.64 bits per heavy atom. The van der Waals surface area contributed by atoms with Gasteiger partial charge in [0.25, 0.3) is 0 Å². The first-order valence-corrected chi connectivity index (χ1v) is 8.66. The minimum atomic E-state index is -0.541. The monoisotopic (exact) mass is 306 g/mol. The summed E-state index contributed by atoms with van der Waals surface area (Å²) in [6, 6.07) is 9.90. The SMILES string of the molecule is CCCCCCCOC(=O)OC(CCCC)c1ccccc1. The van der Waals surface area contributed by atoms with E-state index in [1.165, 1.54) is 19.3 Å². The van der Waals surface area contributed by atoms with Crippen LogP contribution in [-0.2, 0) is 9.47 Å². The average molecular weight is 306 g/mol. The number of ether oxygens (including phenoxy) is 2. The van der Waals surface area contributed by atoms with Crippen molar-refractivity contribution in [3.63, 3.8) is 0 Å². The third kappa shape index (κ3) is 8.06. The van der Waals surface area contributed by atoms with Gasteiger partial charge in [0, 0.05) is 0 Å². The molecule has 1 aromatic rings. The maximum atomic E-state index is 11.8. The van der Waals surface area contributed by atoms with Crippen LogP contribution < -0.4 is 0 Å². The van der Waals surface area contributed by atoms with Crippen LogP contribution in [0.1, 0.15) is 76.9 Å². The molecule has 1 atom stereocenters. The highest BCUT2D eigenvalue weighted by molar-refractivity contribution is 5.60. The van der Waals surface area contributed by atoms with Crippen LogP contribution >= 0.6 is 0 Å². The van der Waals surface area contributed by atoms with Crippen molar-refractivity contribution < 1.29 is 14.3 Å². The number of hydrogen-bond acceptors (Lipinski definition) is 3. The van der Waals surface area contributed by atoms with E-state index in [4.69, 9.17) is 9.47 Å². The third-order valence-corrected chi connectivity index (χ3v) is 3.70.